The van der Waals surface area contributed by atoms with Crippen molar-refractivity contribution in [1.29, 1.82) is 0 Å². The molecule has 1 aliphatic rings. The van der Waals surface area contributed by atoms with E-state index < -0.39 is 23.8 Å². The first kappa shape index (κ1) is 25.1. The Morgan fingerprint density at radius 1 is 1.11 bits per heavy atom. The number of alkyl halides is 3. The number of carbonyl (C=O) groups excluding carboxylic acids is 1. The van der Waals surface area contributed by atoms with Gasteiger partial charge in [-0.2, -0.15) is 18.3 Å². The largest absolute Gasteiger partial charge is 0.435 e. The highest BCUT2D eigenvalue weighted by Crippen LogP contribution is 2.40. The van der Waals surface area contributed by atoms with Crippen molar-refractivity contribution in [1.82, 2.24) is 15.1 Å². The van der Waals surface area contributed by atoms with Crippen LogP contribution in [-0.4, -0.2) is 15.7 Å². The molecular weight excluding hydrogens is 500 g/mol. The molecule has 0 aliphatic carbocycles. The average Bonchev–Trinajstić information content (AvgIpc) is 3.23. The predicted octanol–water partition coefficient (Wildman–Crippen LogP) is 6.94. The van der Waals surface area contributed by atoms with E-state index in [0.29, 0.717) is 17.2 Å². The molecule has 2 heterocycles. The van der Waals surface area contributed by atoms with Crippen molar-refractivity contribution in [2.24, 2.45) is 0 Å². The molecule has 2 aromatic carbocycles. The Morgan fingerprint density at radius 3 is 2.40 bits per heavy atom. The first-order valence-corrected chi connectivity index (χ1v) is 11.7. The zero-order valence-electron chi connectivity index (χ0n) is 19.2. The van der Waals surface area contributed by atoms with Gasteiger partial charge in [-0.15, -0.1) is 0 Å². The smallest absolute Gasteiger partial charge is 0.348 e. The highest BCUT2D eigenvalue weighted by molar-refractivity contribution is 6.42. The third-order valence-electron chi connectivity index (χ3n) is 5.87. The summed E-state index contributed by atoms with van der Waals surface area (Å²) in [4.78, 5) is 13.4. The zero-order valence-corrected chi connectivity index (χ0v) is 20.7. The molecular formula is C25H23Cl2F3N4O. The number of aromatic nitrogens is 2. The molecule has 184 valence electrons. The molecule has 10 heteroatoms. The Balaban J connectivity index is 1.69. The highest BCUT2D eigenvalue weighted by atomic mass is 35.5. The normalized spacial score (nSPS) is 15.7. The van der Waals surface area contributed by atoms with Crippen LogP contribution in [0.5, 0.6) is 0 Å². The summed E-state index contributed by atoms with van der Waals surface area (Å²) in [7, 11) is 0. The summed E-state index contributed by atoms with van der Waals surface area (Å²) in [5.74, 6) is 0.0667. The van der Waals surface area contributed by atoms with Gasteiger partial charge in [-0.1, -0.05) is 67.4 Å². The Labute approximate surface area is 210 Å². The number of nitrogens with zero attached hydrogens (tertiary/aromatic N) is 2. The Morgan fingerprint density at radius 2 is 1.80 bits per heavy atom. The lowest BCUT2D eigenvalue weighted by atomic mass is 9.94. The number of rotatable bonds is 5. The van der Waals surface area contributed by atoms with Gasteiger partial charge in [-0.25, -0.2) is 4.68 Å². The van der Waals surface area contributed by atoms with E-state index in [2.05, 4.69) is 29.6 Å². The SMILES string of the molecule is CC1=C(C(=O)NCc2ccc(C(C)C)cc2)C(c2ccc(Cl)c(Cl)c2)n2nc(C(F)(F)F)cc2N1. The first-order valence-electron chi connectivity index (χ1n) is 10.9. The van der Waals surface area contributed by atoms with Gasteiger partial charge in [0.2, 0.25) is 0 Å². The summed E-state index contributed by atoms with van der Waals surface area (Å²) < 4.78 is 41.4. The predicted molar refractivity (Wildman–Crippen MR) is 131 cm³/mol. The summed E-state index contributed by atoms with van der Waals surface area (Å²) in [6, 6.07) is 12.5. The summed E-state index contributed by atoms with van der Waals surface area (Å²) in [6.45, 7) is 6.08. The maximum absolute atomic E-state index is 13.4. The van der Waals surface area contributed by atoms with Crippen LogP contribution in [0.4, 0.5) is 19.0 Å². The lowest BCUT2D eigenvalue weighted by molar-refractivity contribution is -0.141. The maximum Gasteiger partial charge on any atom is 0.435 e. The van der Waals surface area contributed by atoms with E-state index in [1.165, 1.54) is 17.7 Å². The van der Waals surface area contributed by atoms with Crippen molar-refractivity contribution in [3.05, 3.63) is 92.2 Å². The van der Waals surface area contributed by atoms with E-state index in [1.807, 2.05) is 24.3 Å². The number of fused-ring (bicyclic) bond motifs is 1. The molecule has 1 aromatic heterocycles. The van der Waals surface area contributed by atoms with Crippen molar-refractivity contribution in [2.75, 3.05) is 5.32 Å². The van der Waals surface area contributed by atoms with Crippen LogP contribution in [-0.2, 0) is 17.5 Å². The molecule has 1 amide bonds. The molecule has 5 nitrogen and oxygen atoms in total. The molecule has 35 heavy (non-hydrogen) atoms. The van der Waals surface area contributed by atoms with Crippen molar-refractivity contribution in [2.45, 2.75) is 45.5 Å². The molecule has 3 aromatic rings. The fourth-order valence-corrected chi connectivity index (χ4v) is 4.30. The Hall–Kier alpha value is -2.97. The van der Waals surface area contributed by atoms with Crippen LogP contribution in [0.1, 0.15) is 55.1 Å². The van der Waals surface area contributed by atoms with Gasteiger partial charge < -0.3 is 10.6 Å². The van der Waals surface area contributed by atoms with Crippen molar-refractivity contribution in [3.8, 4) is 0 Å². The zero-order chi connectivity index (χ0) is 25.5. The van der Waals surface area contributed by atoms with E-state index in [4.69, 9.17) is 23.2 Å². The number of allylic oxidation sites excluding steroid dienone is 1. The highest BCUT2D eigenvalue weighted by Gasteiger charge is 2.39. The van der Waals surface area contributed by atoms with Gasteiger partial charge in [0, 0.05) is 18.3 Å². The van der Waals surface area contributed by atoms with Crippen LogP contribution in [0.2, 0.25) is 10.0 Å². The monoisotopic (exact) mass is 522 g/mol. The second kappa shape index (κ2) is 9.59. The minimum Gasteiger partial charge on any atom is -0.348 e. The van der Waals surface area contributed by atoms with Gasteiger partial charge in [-0.05, 0) is 41.7 Å². The van der Waals surface area contributed by atoms with Crippen LogP contribution in [0.25, 0.3) is 0 Å². The number of hydrogen-bond donors (Lipinski definition) is 2. The van der Waals surface area contributed by atoms with Crippen LogP contribution in [0.3, 0.4) is 0 Å². The number of hydrogen-bond acceptors (Lipinski definition) is 3. The van der Waals surface area contributed by atoms with Crippen molar-refractivity contribution in [3.63, 3.8) is 0 Å². The number of benzene rings is 2. The van der Waals surface area contributed by atoms with Crippen molar-refractivity contribution < 1.29 is 18.0 Å². The number of anilines is 1. The molecule has 0 bridgehead atoms. The number of carbonyl (C=O) groups is 1. The van der Waals surface area contributed by atoms with Crippen LogP contribution < -0.4 is 10.6 Å². The van der Waals surface area contributed by atoms with E-state index >= 15 is 0 Å². The Bertz CT molecular complexity index is 1300. The fourth-order valence-electron chi connectivity index (χ4n) is 3.99. The van der Waals surface area contributed by atoms with E-state index in [-0.39, 0.29) is 28.0 Å². The van der Waals surface area contributed by atoms with Gasteiger partial charge in [-0.3, -0.25) is 4.79 Å². The van der Waals surface area contributed by atoms with Crippen molar-refractivity contribution >= 4 is 34.9 Å². The fraction of sp³-hybridized carbons (Fsp3) is 0.280. The second-order valence-corrected chi connectivity index (χ2v) is 9.49. The lowest BCUT2D eigenvalue weighted by Crippen LogP contribution is -2.34. The summed E-state index contributed by atoms with van der Waals surface area (Å²) in [5.41, 5.74) is 2.13. The summed E-state index contributed by atoms with van der Waals surface area (Å²) in [6.07, 6.45) is -4.65. The van der Waals surface area contributed by atoms with E-state index in [0.717, 1.165) is 16.3 Å². The maximum atomic E-state index is 13.4. The van der Waals surface area contributed by atoms with Crippen LogP contribution in [0, 0.1) is 0 Å². The number of amides is 1. The first-order chi connectivity index (χ1) is 16.5. The van der Waals surface area contributed by atoms with Gasteiger partial charge in [0.15, 0.2) is 5.69 Å². The number of halogens is 5. The third kappa shape index (κ3) is 5.18. The van der Waals surface area contributed by atoms with Gasteiger partial charge in [0.1, 0.15) is 11.9 Å². The quantitative estimate of drug-likeness (QED) is 0.381. The minimum atomic E-state index is -4.65. The van der Waals surface area contributed by atoms with E-state index in [9.17, 15) is 18.0 Å². The van der Waals surface area contributed by atoms with Crippen LogP contribution >= 0.6 is 23.2 Å². The Kier molecular flexibility index (Phi) is 6.88. The van der Waals surface area contributed by atoms with Crippen LogP contribution in [0.15, 0.2) is 59.8 Å². The van der Waals surface area contributed by atoms with E-state index in [1.54, 1.807) is 13.0 Å². The standard InChI is InChI=1S/C25H23Cl2F3N4O/c1-13(2)16-6-4-15(5-7-16)12-31-24(35)22-14(3)32-21-11-20(25(28,29)30)33-34(21)23(22)17-8-9-18(26)19(27)10-17/h4-11,13,23,32H,12H2,1-3H3,(H,31,35). The molecule has 2 N–H and O–H groups in total. The second-order valence-electron chi connectivity index (χ2n) is 8.68. The van der Waals surface area contributed by atoms with Gasteiger partial charge >= 0.3 is 6.18 Å². The van der Waals surface area contributed by atoms with Gasteiger partial charge in [0.25, 0.3) is 5.91 Å². The molecule has 0 fully saturated rings. The molecule has 1 atom stereocenters. The molecule has 1 aliphatic heterocycles. The lowest BCUT2D eigenvalue weighted by Gasteiger charge is -2.30. The number of nitrogens with one attached hydrogen (secondary N) is 2. The van der Waals surface area contributed by atoms with Gasteiger partial charge in [0.05, 0.1) is 15.6 Å². The average molecular weight is 523 g/mol. The molecule has 1 unspecified atom stereocenters. The molecule has 0 saturated carbocycles. The molecule has 0 saturated heterocycles. The molecule has 0 radical (unpaired) electrons. The molecule has 4 rings (SSSR count). The summed E-state index contributed by atoms with van der Waals surface area (Å²) >= 11 is 12.3. The molecule has 0 spiro atoms. The minimum absolute atomic E-state index is 0.117. The topological polar surface area (TPSA) is 59.0 Å². The summed E-state index contributed by atoms with van der Waals surface area (Å²) in [5, 5.41) is 10.1. The third-order valence-corrected chi connectivity index (χ3v) is 6.61.